The topological polar surface area (TPSA) is 90.4 Å². The molecule has 7 nitrogen and oxygen atoms in total. The van der Waals surface area contributed by atoms with Crippen LogP contribution in [0.4, 0.5) is 0 Å². The van der Waals surface area contributed by atoms with E-state index in [1.165, 1.54) is 7.11 Å². The van der Waals surface area contributed by atoms with Crippen molar-refractivity contribution in [3.05, 3.63) is 47.0 Å². The van der Waals surface area contributed by atoms with Gasteiger partial charge in [0.15, 0.2) is 0 Å². The molecule has 0 spiro atoms. The van der Waals surface area contributed by atoms with E-state index in [1.807, 2.05) is 0 Å². The van der Waals surface area contributed by atoms with Gasteiger partial charge in [0, 0.05) is 37.0 Å². The van der Waals surface area contributed by atoms with Gasteiger partial charge in [-0.2, -0.15) is 0 Å². The second kappa shape index (κ2) is 7.78. The fourth-order valence-electron chi connectivity index (χ4n) is 3.34. The first-order chi connectivity index (χ1) is 12.5. The molecule has 0 unspecified atom stereocenters. The number of amides is 2. The molecular formula is C18H21ClN4O3. The molecule has 138 valence electrons. The number of hydrogen-bond acceptors (Lipinski definition) is 4. The lowest BCUT2D eigenvalue weighted by molar-refractivity contribution is -0.118. The molecule has 26 heavy (non-hydrogen) atoms. The van der Waals surface area contributed by atoms with Crippen molar-refractivity contribution >= 4 is 23.4 Å². The highest BCUT2D eigenvalue weighted by Gasteiger charge is 2.28. The van der Waals surface area contributed by atoms with E-state index in [2.05, 4.69) is 4.98 Å². The first-order valence-electron chi connectivity index (χ1n) is 8.41. The highest BCUT2D eigenvalue weighted by Crippen LogP contribution is 2.29. The third-order valence-corrected chi connectivity index (χ3v) is 4.84. The van der Waals surface area contributed by atoms with Crippen LogP contribution < -0.4 is 10.5 Å². The van der Waals surface area contributed by atoms with E-state index in [0.29, 0.717) is 29.4 Å². The van der Waals surface area contributed by atoms with Crippen LogP contribution in [0.1, 0.15) is 34.9 Å². The van der Waals surface area contributed by atoms with Crippen molar-refractivity contribution in [2.45, 2.75) is 25.3 Å². The van der Waals surface area contributed by atoms with Crippen LogP contribution in [0.15, 0.2) is 30.6 Å². The number of methoxy groups -OCH3 is 1. The van der Waals surface area contributed by atoms with Gasteiger partial charge in [-0.25, -0.2) is 4.98 Å². The van der Waals surface area contributed by atoms with Crippen molar-refractivity contribution in [3.8, 4) is 5.75 Å². The normalized spacial score (nSPS) is 17.2. The van der Waals surface area contributed by atoms with E-state index < -0.39 is 5.91 Å². The molecule has 0 aliphatic carbocycles. The number of aromatic nitrogens is 2. The molecule has 0 radical (unpaired) electrons. The van der Waals surface area contributed by atoms with E-state index >= 15 is 0 Å². The predicted molar refractivity (Wildman–Crippen MR) is 97.3 cm³/mol. The number of benzene rings is 1. The highest BCUT2D eigenvalue weighted by molar-refractivity contribution is 6.32. The van der Waals surface area contributed by atoms with Gasteiger partial charge >= 0.3 is 0 Å². The average molecular weight is 377 g/mol. The van der Waals surface area contributed by atoms with E-state index in [1.54, 1.807) is 40.1 Å². The number of likely N-dealkylation sites (tertiary alicyclic amines) is 1. The Bertz CT molecular complexity index is 821. The minimum Gasteiger partial charge on any atom is -0.495 e. The number of carbonyl (C=O) groups is 2. The van der Waals surface area contributed by atoms with Gasteiger partial charge in [-0.05, 0) is 31.0 Å². The van der Waals surface area contributed by atoms with E-state index in [0.717, 1.165) is 18.7 Å². The number of imidazole rings is 1. The monoisotopic (exact) mass is 376 g/mol. The summed E-state index contributed by atoms with van der Waals surface area (Å²) in [5.74, 6) is 0.895. The summed E-state index contributed by atoms with van der Waals surface area (Å²) in [7, 11) is 1.53. The number of hydrogen-bond donors (Lipinski definition) is 1. The molecule has 1 saturated heterocycles. The summed E-state index contributed by atoms with van der Waals surface area (Å²) in [6.07, 6.45) is 5.17. The largest absolute Gasteiger partial charge is 0.495 e. The summed E-state index contributed by atoms with van der Waals surface area (Å²) in [4.78, 5) is 30.3. The van der Waals surface area contributed by atoms with Crippen molar-refractivity contribution < 1.29 is 14.3 Å². The number of piperidine rings is 1. The van der Waals surface area contributed by atoms with Crippen LogP contribution in [0.2, 0.25) is 5.02 Å². The summed E-state index contributed by atoms with van der Waals surface area (Å²) in [5.41, 5.74) is 5.82. The van der Waals surface area contributed by atoms with E-state index in [9.17, 15) is 9.59 Å². The zero-order valence-electron chi connectivity index (χ0n) is 14.5. The lowest BCUT2D eigenvalue weighted by Gasteiger charge is -2.32. The maximum atomic E-state index is 12.9. The first kappa shape index (κ1) is 18.3. The summed E-state index contributed by atoms with van der Waals surface area (Å²) < 4.78 is 6.89. The maximum absolute atomic E-state index is 12.9. The number of nitrogens with zero attached hydrogens (tertiary/aromatic N) is 3. The van der Waals surface area contributed by atoms with Crippen LogP contribution in [-0.4, -0.2) is 46.5 Å². The first-order valence-corrected chi connectivity index (χ1v) is 8.79. The standard InChI is InChI=1S/C18H21ClN4O3/c1-26-15-5-4-12(9-14(15)19)18(25)23-7-2-3-13(10-23)17-21-6-8-22(17)11-16(20)24/h4-6,8-9,13H,2-3,7,10-11H2,1H3,(H2,20,24)/t13-/m1/s1. The molecule has 2 heterocycles. The molecule has 1 atom stereocenters. The van der Waals surface area contributed by atoms with Crippen LogP contribution in [0.5, 0.6) is 5.75 Å². The summed E-state index contributed by atoms with van der Waals surface area (Å²) in [6, 6.07) is 5.03. The molecule has 1 aromatic carbocycles. The summed E-state index contributed by atoms with van der Waals surface area (Å²) in [6.45, 7) is 1.31. The smallest absolute Gasteiger partial charge is 0.253 e. The third kappa shape index (κ3) is 3.83. The number of nitrogens with two attached hydrogens (primary N) is 1. The average Bonchev–Trinajstić information content (AvgIpc) is 3.08. The molecule has 8 heteroatoms. The molecule has 1 fully saturated rings. The number of halogens is 1. The lowest BCUT2D eigenvalue weighted by Crippen LogP contribution is -2.40. The van der Waals surface area contributed by atoms with Crippen molar-refractivity contribution in [1.29, 1.82) is 0 Å². The Kier molecular flexibility index (Phi) is 5.46. The van der Waals surface area contributed by atoms with Crippen LogP contribution in [0.25, 0.3) is 0 Å². The minimum absolute atomic E-state index is 0.0655. The second-order valence-electron chi connectivity index (χ2n) is 6.32. The molecule has 3 rings (SSSR count). The van der Waals surface area contributed by atoms with Crippen LogP contribution in [0.3, 0.4) is 0 Å². The fourth-order valence-corrected chi connectivity index (χ4v) is 3.59. The number of carbonyl (C=O) groups excluding carboxylic acids is 2. The number of ether oxygens (including phenoxy) is 1. The van der Waals surface area contributed by atoms with Gasteiger partial charge in [-0.3, -0.25) is 9.59 Å². The highest BCUT2D eigenvalue weighted by atomic mass is 35.5. The molecule has 1 aliphatic rings. The zero-order valence-corrected chi connectivity index (χ0v) is 15.3. The molecule has 1 aliphatic heterocycles. The molecule has 2 N–H and O–H groups in total. The summed E-state index contributed by atoms with van der Waals surface area (Å²) in [5, 5.41) is 0.406. The molecule has 2 aromatic rings. The molecule has 0 saturated carbocycles. The SMILES string of the molecule is COc1ccc(C(=O)N2CCC[C@@H](c3nccn3CC(N)=O)C2)cc1Cl. The Hall–Kier alpha value is -2.54. The van der Waals surface area contributed by atoms with E-state index in [4.69, 9.17) is 22.1 Å². The van der Waals surface area contributed by atoms with Gasteiger partial charge in [0.05, 0.1) is 12.1 Å². The van der Waals surface area contributed by atoms with E-state index in [-0.39, 0.29) is 18.4 Å². The molecular weight excluding hydrogens is 356 g/mol. The van der Waals surface area contributed by atoms with Crippen LogP contribution in [0, 0.1) is 0 Å². The quantitative estimate of drug-likeness (QED) is 0.864. The zero-order chi connectivity index (χ0) is 18.7. The van der Waals surface area contributed by atoms with Gasteiger partial charge in [0.2, 0.25) is 5.91 Å². The van der Waals surface area contributed by atoms with Crippen molar-refractivity contribution in [1.82, 2.24) is 14.5 Å². The van der Waals surface area contributed by atoms with Crippen LogP contribution >= 0.6 is 11.6 Å². The van der Waals surface area contributed by atoms with Gasteiger partial charge in [0.1, 0.15) is 18.1 Å². The Morgan fingerprint density at radius 1 is 1.42 bits per heavy atom. The van der Waals surface area contributed by atoms with Gasteiger partial charge in [-0.15, -0.1) is 0 Å². The Labute approximate surface area is 156 Å². The minimum atomic E-state index is -0.416. The predicted octanol–water partition coefficient (Wildman–Crippen LogP) is 2.05. The van der Waals surface area contributed by atoms with Crippen LogP contribution in [-0.2, 0) is 11.3 Å². The summed E-state index contributed by atoms with van der Waals surface area (Å²) >= 11 is 6.14. The third-order valence-electron chi connectivity index (χ3n) is 4.55. The van der Waals surface area contributed by atoms with Gasteiger partial charge in [0.25, 0.3) is 5.91 Å². The van der Waals surface area contributed by atoms with Crippen molar-refractivity contribution in [2.75, 3.05) is 20.2 Å². The van der Waals surface area contributed by atoms with Gasteiger partial charge in [-0.1, -0.05) is 11.6 Å². The molecule has 2 amide bonds. The molecule has 0 bridgehead atoms. The Balaban J connectivity index is 1.76. The lowest BCUT2D eigenvalue weighted by atomic mass is 9.96. The fraction of sp³-hybridized carbons (Fsp3) is 0.389. The second-order valence-corrected chi connectivity index (χ2v) is 6.73. The van der Waals surface area contributed by atoms with Gasteiger partial charge < -0.3 is 19.9 Å². The number of rotatable bonds is 5. The van der Waals surface area contributed by atoms with Crippen molar-refractivity contribution in [3.63, 3.8) is 0 Å². The van der Waals surface area contributed by atoms with Crippen molar-refractivity contribution in [2.24, 2.45) is 5.73 Å². The Morgan fingerprint density at radius 3 is 2.92 bits per heavy atom. The number of primary amides is 1. The Morgan fingerprint density at radius 2 is 2.23 bits per heavy atom. The molecule has 1 aromatic heterocycles. The maximum Gasteiger partial charge on any atom is 0.253 e.